The molecular formula is C12H17NO2. The number of carbonyl (C=O) groups is 2. The molecule has 0 aromatic carbocycles. The third-order valence-electron chi connectivity index (χ3n) is 2.49. The second kappa shape index (κ2) is 5.49. The summed E-state index contributed by atoms with van der Waals surface area (Å²) in [5, 5.41) is 0. The van der Waals surface area contributed by atoms with Crippen LogP contribution in [0.2, 0.25) is 0 Å². The van der Waals surface area contributed by atoms with Gasteiger partial charge in [0, 0.05) is 24.7 Å². The molecule has 1 heterocycles. The van der Waals surface area contributed by atoms with E-state index in [1.807, 2.05) is 0 Å². The van der Waals surface area contributed by atoms with Gasteiger partial charge in [0.25, 0.3) is 0 Å². The minimum atomic E-state index is 0.0659. The zero-order valence-electron chi connectivity index (χ0n) is 9.16. The number of Topliss-reactive ketones (excluding diaryl/α,β-unsaturated/α-hetero) is 1. The summed E-state index contributed by atoms with van der Waals surface area (Å²) in [6, 6.07) is 0. The normalized spacial score (nSPS) is 15.8. The number of amides is 1. The summed E-state index contributed by atoms with van der Waals surface area (Å²) >= 11 is 0. The lowest BCUT2D eigenvalue weighted by Gasteiger charge is -2.24. The second-order valence-electron chi connectivity index (χ2n) is 3.73. The standard InChI is InChI=1S/C12H17NO2/c1-3-4-7-12(15)13-8-5-6-11(9-13)10(2)14/h3,9H,1,4-8H2,2H3. The van der Waals surface area contributed by atoms with Gasteiger partial charge in [-0.2, -0.15) is 0 Å². The van der Waals surface area contributed by atoms with Crippen molar-refractivity contribution in [3.8, 4) is 0 Å². The third-order valence-corrected chi connectivity index (χ3v) is 2.49. The number of rotatable bonds is 4. The van der Waals surface area contributed by atoms with E-state index < -0.39 is 0 Å². The number of carbonyl (C=O) groups excluding carboxylic acids is 2. The molecule has 1 amide bonds. The first-order chi connectivity index (χ1) is 7.15. The van der Waals surface area contributed by atoms with Gasteiger partial charge < -0.3 is 4.90 Å². The second-order valence-corrected chi connectivity index (χ2v) is 3.73. The van der Waals surface area contributed by atoms with Crippen LogP contribution in [-0.4, -0.2) is 23.1 Å². The van der Waals surface area contributed by atoms with Crippen molar-refractivity contribution in [1.82, 2.24) is 4.90 Å². The summed E-state index contributed by atoms with van der Waals surface area (Å²) in [6.07, 6.45) is 6.28. The molecule has 0 bridgehead atoms. The molecule has 0 spiro atoms. The molecule has 0 aromatic heterocycles. The number of hydrogen-bond acceptors (Lipinski definition) is 2. The minimum absolute atomic E-state index is 0.0659. The van der Waals surface area contributed by atoms with E-state index in [1.165, 1.54) is 0 Å². The summed E-state index contributed by atoms with van der Waals surface area (Å²) < 4.78 is 0. The zero-order valence-corrected chi connectivity index (χ0v) is 9.16. The molecule has 0 unspecified atom stereocenters. The first-order valence-corrected chi connectivity index (χ1v) is 5.27. The molecule has 0 fully saturated rings. The van der Waals surface area contributed by atoms with Crippen LogP contribution in [0.15, 0.2) is 24.4 Å². The van der Waals surface area contributed by atoms with Crippen molar-refractivity contribution in [2.24, 2.45) is 0 Å². The topological polar surface area (TPSA) is 37.4 Å². The maximum absolute atomic E-state index is 11.6. The molecule has 0 aliphatic carbocycles. The van der Waals surface area contributed by atoms with Crippen LogP contribution in [-0.2, 0) is 9.59 Å². The maximum Gasteiger partial charge on any atom is 0.226 e. The van der Waals surface area contributed by atoms with Crippen LogP contribution < -0.4 is 0 Å². The summed E-state index contributed by atoms with van der Waals surface area (Å²) in [5.41, 5.74) is 0.758. The lowest BCUT2D eigenvalue weighted by molar-refractivity contribution is -0.128. The molecule has 15 heavy (non-hydrogen) atoms. The molecule has 0 N–H and O–H groups in total. The highest BCUT2D eigenvalue weighted by molar-refractivity contribution is 5.94. The van der Waals surface area contributed by atoms with E-state index in [0.29, 0.717) is 12.8 Å². The quantitative estimate of drug-likeness (QED) is 0.662. The molecule has 3 nitrogen and oxygen atoms in total. The number of hydrogen-bond donors (Lipinski definition) is 0. The molecule has 0 saturated heterocycles. The Morgan fingerprint density at radius 3 is 2.93 bits per heavy atom. The van der Waals surface area contributed by atoms with Gasteiger partial charge in [-0.05, 0) is 26.2 Å². The SMILES string of the molecule is C=CCCC(=O)N1C=C(C(C)=O)CCC1. The van der Waals surface area contributed by atoms with Gasteiger partial charge in [0.15, 0.2) is 5.78 Å². The first-order valence-electron chi connectivity index (χ1n) is 5.27. The van der Waals surface area contributed by atoms with Crippen molar-refractivity contribution in [3.05, 3.63) is 24.4 Å². The lowest BCUT2D eigenvalue weighted by Crippen LogP contribution is -2.30. The van der Waals surface area contributed by atoms with E-state index in [2.05, 4.69) is 6.58 Å². The Morgan fingerprint density at radius 1 is 1.60 bits per heavy atom. The third kappa shape index (κ3) is 3.35. The minimum Gasteiger partial charge on any atom is -0.319 e. The monoisotopic (exact) mass is 207 g/mol. The van der Waals surface area contributed by atoms with Crippen LogP contribution in [0.5, 0.6) is 0 Å². The van der Waals surface area contributed by atoms with Crippen molar-refractivity contribution in [3.63, 3.8) is 0 Å². The van der Waals surface area contributed by atoms with Gasteiger partial charge in [0.2, 0.25) is 5.91 Å². The molecule has 82 valence electrons. The maximum atomic E-state index is 11.6. The highest BCUT2D eigenvalue weighted by atomic mass is 16.2. The largest absolute Gasteiger partial charge is 0.319 e. The van der Waals surface area contributed by atoms with E-state index >= 15 is 0 Å². The predicted octanol–water partition coefficient (Wildman–Crippen LogP) is 2.05. The first kappa shape index (κ1) is 11.7. The van der Waals surface area contributed by atoms with Crippen molar-refractivity contribution in [1.29, 1.82) is 0 Å². The Bertz CT molecular complexity index is 305. The van der Waals surface area contributed by atoms with Gasteiger partial charge in [0.1, 0.15) is 0 Å². The molecule has 1 rings (SSSR count). The summed E-state index contributed by atoms with van der Waals surface area (Å²) in [4.78, 5) is 24.5. The molecule has 3 heteroatoms. The molecule has 0 saturated carbocycles. The van der Waals surface area contributed by atoms with Gasteiger partial charge in [-0.3, -0.25) is 9.59 Å². The Balaban J connectivity index is 2.62. The number of allylic oxidation sites excluding steroid dienone is 2. The Labute approximate surface area is 90.5 Å². The molecule has 0 atom stereocenters. The van der Waals surface area contributed by atoms with E-state index in [-0.39, 0.29) is 11.7 Å². The van der Waals surface area contributed by atoms with E-state index in [9.17, 15) is 9.59 Å². The fourth-order valence-electron chi connectivity index (χ4n) is 1.59. The summed E-state index contributed by atoms with van der Waals surface area (Å²) in [5.74, 6) is 0.143. The fraction of sp³-hybridized carbons (Fsp3) is 0.500. The van der Waals surface area contributed by atoms with Crippen LogP contribution in [0.1, 0.15) is 32.6 Å². The van der Waals surface area contributed by atoms with Crippen LogP contribution in [0, 0.1) is 0 Å². The van der Waals surface area contributed by atoms with Crippen molar-refractivity contribution >= 4 is 11.7 Å². The van der Waals surface area contributed by atoms with E-state index in [0.717, 1.165) is 25.0 Å². The van der Waals surface area contributed by atoms with Crippen molar-refractivity contribution < 1.29 is 9.59 Å². The highest BCUT2D eigenvalue weighted by Crippen LogP contribution is 2.16. The van der Waals surface area contributed by atoms with Crippen molar-refractivity contribution in [2.45, 2.75) is 32.6 Å². The Morgan fingerprint density at radius 2 is 2.33 bits per heavy atom. The predicted molar refractivity (Wildman–Crippen MR) is 59.1 cm³/mol. The van der Waals surface area contributed by atoms with Crippen LogP contribution in [0.4, 0.5) is 0 Å². The Hall–Kier alpha value is -1.38. The van der Waals surface area contributed by atoms with Gasteiger partial charge >= 0.3 is 0 Å². The summed E-state index contributed by atoms with van der Waals surface area (Å²) in [7, 11) is 0. The average molecular weight is 207 g/mol. The summed E-state index contributed by atoms with van der Waals surface area (Å²) in [6.45, 7) is 5.85. The molecule has 1 aliphatic heterocycles. The highest BCUT2D eigenvalue weighted by Gasteiger charge is 2.17. The molecular weight excluding hydrogens is 190 g/mol. The number of nitrogens with zero attached hydrogens (tertiary/aromatic N) is 1. The lowest BCUT2D eigenvalue weighted by atomic mass is 10.0. The smallest absolute Gasteiger partial charge is 0.226 e. The van der Waals surface area contributed by atoms with Crippen LogP contribution in [0.3, 0.4) is 0 Å². The van der Waals surface area contributed by atoms with Crippen molar-refractivity contribution in [2.75, 3.05) is 6.54 Å². The fourth-order valence-corrected chi connectivity index (χ4v) is 1.59. The van der Waals surface area contributed by atoms with E-state index in [1.54, 1.807) is 24.1 Å². The molecule has 0 aromatic rings. The van der Waals surface area contributed by atoms with Crippen LogP contribution in [0.25, 0.3) is 0 Å². The van der Waals surface area contributed by atoms with Gasteiger partial charge in [-0.15, -0.1) is 6.58 Å². The molecule has 0 radical (unpaired) electrons. The Kier molecular flexibility index (Phi) is 4.28. The van der Waals surface area contributed by atoms with Gasteiger partial charge in [-0.1, -0.05) is 6.08 Å². The molecule has 1 aliphatic rings. The van der Waals surface area contributed by atoms with Gasteiger partial charge in [-0.25, -0.2) is 0 Å². The average Bonchev–Trinajstić information content (AvgIpc) is 2.26. The van der Waals surface area contributed by atoms with Crippen LogP contribution >= 0.6 is 0 Å². The zero-order chi connectivity index (χ0) is 11.3. The van der Waals surface area contributed by atoms with E-state index in [4.69, 9.17) is 0 Å². The van der Waals surface area contributed by atoms with Gasteiger partial charge in [0.05, 0.1) is 0 Å². The number of ketones is 1.